The van der Waals surface area contributed by atoms with Gasteiger partial charge in [-0.25, -0.2) is 4.98 Å². The van der Waals surface area contributed by atoms with Gasteiger partial charge >= 0.3 is 0 Å². The van der Waals surface area contributed by atoms with Crippen LogP contribution in [0.15, 0.2) is 42.5 Å². The zero-order valence-electron chi connectivity index (χ0n) is 12.7. The number of hydrogen-bond acceptors (Lipinski definition) is 6. The van der Waals surface area contributed by atoms with Gasteiger partial charge in [-0.2, -0.15) is 0 Å². The zero-order valence-corrected chi connectivity index (χ0v) is 13.5. The molecule has 1 amide bonds. The summed E-state index contributed by atoms with van der Waals surface area (Å²) in [4.78, 5) is 27.1. The van der Waals surface area contributed by atoms with Crippen molar-refractivity contribution in [3.05, 3.63) is 58.1 Å². The monoisotopic (exact) mass is 343 g/mol. The van der Waals surface area contributed by atoms with E-state index in [4.69, 9.17) is 4.74 Å². The van der Waals surface area contributed by atoms with Crippen LogP contribution in [0.5, 0.6) is 5.75 Å². The molecule has 122 valence electrons. The predicted octanol–water partition coefficient (Wildman–Crippen LogP) is 3.86. The summed E-state index contributed by atoms with van der Waals surface area (Å²) in [7, 11) is 0. The molecule has 2 aromatic carbocycles. The molecule has 3 aromatic rings. The first kappa shape index (κ1) is 15.9. The number of carbonyl (C=O) groups excluding carboxylic acids is 1. The van der Waals surface area contributed by atoms with Crippen molar-refractivity contribution in [2.24, 2.45) is 0 Å². The van der Waals surface area contributed by atoms with Crippen molar-refractivity contribution >= 4 is 38.3 Å². The third-order valence-electron chi connectivity index (χ3n) is 3.24. The number of fused-ring (bicyclic) bond motifs is 1. The maximum absolute atomic E-state index is 12.3. The number of para-hydroxylation sites is 1. The Hall–Kier alpha value is -3.00. The highest BCUT2D eigenvalue weighted by Crippen LogP contribution is 2.30. The number of aromatic nitrogens is 1. The molecular weight excluding hydrogens is 330 g/mol. The average Bonchev–Trinajstić information content (AvgIpc) is 2.96. The Labute approximate surface area is 141 Å². The van der Waals surface area contributed by atoms with Crippen molar-refractivity contribution in [3.8, 4) is 5.75 Å². The van der Waals surface area contributed by atoms with Crippen molar-refractivity contribution in [2.75, 3.05) is 11.9 Å². The summed E-state index contributed by atoms with van der Waals surface area (Å²) in [5.41, 5.74) is 0.479. The number of carbonyl (C=O) groups is 1. The smallest absolute Gasteiger partial charge is 0.282 e. The number of amides is 1. The SMILES string of the molecule is CCOc1ccc2nc(NC(=O)c3ccccc3[N+](=O)[O-])sc2c1. The van der Waals surface area contributed by atoms with Crippen LogP contribution in [0.4, 0.5) is 10.8 Å². The summed E-state index contributed by atoms with van der Waals surface area (Å²) in [5, 5.41) is 14.0. The number of nitro benzene ring substituents is 1. The van der Waals surface area contributed by atoms with Gasteiger partial charge in [0.25, 0.3) is 11.6 Å². The van der Waals surface area contributed by atoms with E-state index in [0.29, 0.717) is 11.7 Å². The summed E-state index contributed by atoms with van der Waals surface area (Å²) < 4.78 is 6.29. The van der Waals surface area contributed by atoms with Crippen molar-refractivity contribution in [2.45, 2.75) is 6.92 Å². The number of nitro groups is 1. The van der Waals surface area contributed by atoms with E-state index in [9.17, 15) is 14.9 Å². The van der Waals surface area contributed by atoms with E-state index in [2.05, 4.69) is 10.3 Å². The highest BCUT2D eigenvalue weighted by atomic mass is 32.1. The molecule has 0 aliphatic heterocycles. The predicted molar refractivity (Wildman–Crippen MR) is 91.8 cm³/mol. The van der Waals surface area contributed by atoms with Crippen LogP contribution in [-0.2, 0) is 0 Å². The van der Waals surface area contributed by atoms with Gasteiger partial charge in [0.1, 0.15) is 11.3 Å². The number of thiazole rings is 1. The molecule has 1 aromatic heterocycles. The van der Waals surface area contributed by atoms with Crippen LogP contribution in [0, 0.1) is 10.1 Å². The van der Waals surface area contributed by atoms with Crippen LogP contribution in [0.25, 0.3) is 10.2 Å². The second-order valence-corrected chi connectivity index (χ2v) is 5.84. The standard InChI is InChI=1S/C16H13N3O4S/c1-2-23-10-7-8-12-14(9-10)24-16(17-12)18-15(20)11-5-3-4-6-13(11)19(21)22/h3-9H,2H2,1H3,(H,17,18,20). The van der Waals surface area contributed by atoms with Gasteiger partial charge in [0.05, 0.1) is 21.7 Å². The quantitative estimate of drug-likeness (QED) is 0.561. The number of benzene rings is 2. The molecule has 24 heavy (non-hydrogen) atoms. The number of nitrogens with one attached hydrogen (secondary N) is 1. The molecule has 0 fully saturated rings. The van der Waals surface area contributed by atoms with Crippen molar-refractivity contribution in [1.29, 1.82) is 0 Å². The zero-order chi connectivity index (χ0) is 17.1. The van der Waals surface area contributed by atoms with Crippen molar-refractivity contribution in [1.82, 2.24) is 4.98 Å². The number of anilines is 1. The second kappa shape index (κ2) is 6.63. The molecule has 8 heteroatoms. The summed E-state index contributed by atoms with van der Waals surface area (Å²) in [6, 6.07) is 11.2. The molecule has 0 radical (unpaired) electrons. The summed E-state index contributed by atoms with van der Waals surface area (Å²) in [6.07, 6.45) is 0. The fraction of sp³-hybridized carbons (Fsp3) is 0.125. The fourth-order valence-corrected chi connectivity index (χ4v) is 3.09. The molecule has 0 unspecified atom stereocenters. The summed E-state index contributed by atoms with van der Waals surface area (Å²) in [5.74, 6) is 0.164. The maximum Gasteiger partial charge on any atom is 0.282 e. The topological polar surface area (TPSA) is 94.4 Å². The minimum atomic E-state index is -0.582. The minimum absolute atomic E-state index is 0.00300. The second-order valence-electron chi connectivity index (χ2n) is 4.81. The van der Waals surface area contributed by atoms with Gasteiger partial charge in [-0.15, -0.1) is 0 Å². The lowest BCUT2D eigenvalue weighted by Gasteiger charge is -2.02. The molecule has 1 N–H and O–H groups in total. The first-order valence-electron chi connectivity index (χ1n) is 7.16. The Morgan fingerprint density at radius 3 is 2.88 bits per heavy atom. The first-order chi connectivity index (χ1) is 11.6. The molecule has 0 aliphatic rings. The highest BCUT2D eigenvalue weighted by molar-refractivity contribution is 7.22. The van der Waals surface area contributed by atoms with E-state index < -0.39 is 10.8 Å². The maximum atomic E-state index is 12.3. The summed E-state index contributed by atoms with van der Waals surface area (Å²) in [6.45, 7) is 2.46. The van der Waals surface area contributed by atoms with Crippen LogP contribution >= 0.6 is 11.3 Å². The Morgan fingerprint density at radius 2 is 2.12 bits per heavy atom. The van der Waals surface area contributed by atoms with Gasteiger partial charge in [0.15, 0.2) is 5.13 Å². The fourth-order valence-electron chi connectivity index (χ4n) is 2.20. The molecule has 0 spiro atoms. The Balaban J connectivity index is 1.87. The van der Waals surface area contributed by atoms with E-state index in [1.54, 1.807) is 18.2 Å². The lowest BCUT2D eigenvalue weighted by Crippen LogP contribution is -2.13. The molecule has 7 nitrogen and oxygen atoms in total. The largest absolute Gasteiger partial charge is 0.494 e. The van der Waals surface area contributed by atoms with Crippen LogP contribution in [-0.4, -0.2) is 22.4 Å². The first-order valence-corrected chi connectivity index (χ1v) is 7.98. The molecule has 0 saturated carbocycles. The molecule has 3 rings (SSSR count). The Morgan fingerprint density at radius 1 is 1.33 bits per heavy atom. The van der Waals surface area contributed by atoms with Crippen LogP contribution < -0.4 is 10.1 Å². The van der Waals surface area contributed by atoms with Crippen LogP contribution in [0.2, 0.25) is 0 Å². The van der Waals surface area contributed by atoms with Gasteiger partial charge in [0, 0.05) is 6.07 Å². The van der Waals surface area contributed by atoms with Gasteiger partial charge in [-0.3, -0.25) is 20.2 Å². The third kappa shape index (κ3) is 3.18. The van der Waals surface area contributed by atoms with E-state index in [1.165, 1.54) is 29.5 Å². The number of rotatable bonds is 5. The lowest BCUT2D eigenvalue weighted by atomic mass is 10.1. The molecule has 0 bridgehead atoms. The van der Waals surface area contributed by atoms with Gasteiger partial charge in [-0.1, -0.05) is 23.5 Å². The third-order valence-corrected chi connectivity index (χ3v) is 4.17. The molecule has 1 heterocycles. The van der Waals surface area contributed by atoms with Crippen molar-refractivity contribution in [3.63, 3.8) is 0 Å². The summed E-state index contributed by atoms with van der Waals surface area (Å²) >= 11 is 1.28. The Kier molecular flexibility index (Phi) is 4.39. The van der Waals surface area contributed by atoms with Crippen molar-refractivity contribution < 1.29 is 14.5 Å². The van der Waals surface area contributed by atoms with E-state index >= 15 is 0 Å². The molecular formula is C16H13N3O4S. The molecule has 0 atom stereocenters. The molecule has 0 saturated heterocycles. The molecule has 0 aliphatic carbocycles. The minimum Gasteiger partial charge on any atom is -0.494 e. The number of hydrogen-bond donors (Lipinski definition) is 1. The Bertz CT molecular complexity index is 923. The van der Waals surface area contributed by atoms with Gasteiger partial charge < -0.3 is 4.74 Å². The van der Waals surface area contributed by atoms with E-state index in [1.807, 2.05) is 13.0 Å². The lowest BCUT2D eigenvalue weighted by molar-refractivity contribution is -0.385. The van der Waals surface area contributed by atoms with Gasteiger partial charge in [-0.05, 0) is 31.2 Å². The van der Waals surface area contributed by atoms with Crippen LogP contribution in [0.1, 0.15) is 17.3 Å². The highest BCUT2D eigenvalue weighted by Gasteiger charge is 2.20. The number of nitrogens with zero attached hydrogens (tertiary/aromatic N) is 2. The number of ether oxygens (including phenoxy) is 1. The van der Waals surface area contributed by atoms with E-state index in [0.717, 1.165) is 16.0 Å². The normalized spacial score (nSPS) is 10.5. The van der Waals surface area contributed by atoms with Crippen LogP contribution in [0.3, 0.4) is 0 Å². The average molecular weight is 343 g/mol. The van der Waals surface area contributed by atoms with Gasteiger partial charge in [0.2, 0.25) is 0 Å². The van der Waals surface area contributed by atoms with E-state index in [-0.39, 0.29) is 11.3 Å².